The zero-order valence-corrected chi connectivity index (χ0v) is 45.3. The van der Waals surface area contributed by atoms with E-state index in [0.717, 1.165) is 129 Å². The Morgan fingerprint density at radius 1 is 0.235 bits per heavy atom. The normalized spacial score (nSPS) is 12.0. The van der Waals surface area contributed by atoms with Gasteiger partial charge in [0.15, 0.2) is 22.6 Å². The maximum atomic E-state index is 5.63. The maximum Gasteiger partial charge on any atom is 0.164 e. The first-order chi connectivity index (χ1) is 42.2. The lowest BCUT2D eigenvalue weighted by molar-refractivity contribution is 1.07. The van der Waals surface area contributed by atoms with Gasteiger partial charge >= 0.3 is 0 Å². The second kappa shape index (κ2) is 19.4. The van der Waals surface area contributed by atoms with Crippen molar-refractivity contribution in [2.45, 2.75) is 0 Å². The molecule has 0 N–H and O–H groups in total. The fourth-order valence-corrected chi connectivity index (χ4v) is 12.4. The molecular weight excluding hydrogens is 1050 g/mol. The van der Waals surface area contributed by atoms with Crippen LogP contribution >= 0.6 is 0 Å². The van der Waals surface area contributed by atoms with Gasteiger partial charge in [-0.05, 0) is 145 Å². The van der Waals surface area contributed by atoms with Crippen LogP contribution in [0.4, 0.5) is 17.1 Å². The van der Waals surface area contributed by atoms with Crippen molar-refractivity contribution in [2.75, 3.05) is 4.90 Å². The van der Waals surface area contributed by atoms with Gasteiger partial charge < -0.3 is 4.90 Å². The summed E-state index contributed by atoms with van der Waals surface area (Å²) >= 11 is 0. The second-order valence-corrected chi connectivity index (χ2v) is 20.9. The van der Waals surface area contributed by atoms with Crippen LogP contribution in [0.25, 0.3) is 135 Å². The van der Waals surface area contributed by atoms with Crippen molar-refractivity contribution in [3.05, 3.63) is 274 Å². The number of para-hydroxylation sites is 5. The van der Waals surface area contributed by atoms with Crippen LogP contribution in [0.3, 0.4) is 0 Å². The van der Waals surface area contributed by atoms with Crippen molar-refractivity contribution in [1.82, 2.24) is 58.1 Å². The Balaban J connectivity index is 1.07. The number of nitrogens with zero attached hydrogens (tertiary/aromatic N) is 13. The Bertz CT molecular complexity index is 4940. The highest BCUT2D eigenvalue weighted by atomic mass is 15.2. The van der Waals surface area contributed by atoms with E-state index in [9.17, 15) is 0 Å². The number of pyridine rings is 4. The summed E-state index contributed by atoms with van der Waals surface area (Å²) in [4.78, 5) is 44.8. The molecule has 0 bridgehead atoms. The fraction of sp³-hybridized carbons (Fsp3) is 0. The van der Waals surface area contributed by atoms with Crippen molar-refractivity contribution in [2.24, 2.45) is 0 Å². The van der Waals surface area contributed by atoms with Crippen LogP contribution in [0.2, 0.25) is 0 Å². The highest BCUT2D eigenvalue weighted by Crippen LogP contribution is 2.58. The summed E-state index contributed by atoms with van der Waals surface area (Å²) in [7, 11) is 0. The highest BCUT2D eigenvalue weighted by Gasteiger charge is 2.36. The van der Waals surface area contributed by atoms with E-state index in [-0.39, 0.29) is 0 Å². The lowest BCUT2D eigenvalue weighted by Gasteiger charge is -2.30. The van der Waals surface area contributed by atoms with Crippen molar-refractivity contribution in [1.29, 1.82) is 0 Å². The van der Waals surface area contributed by atoms with Gasteiger partial charge in [-0.2, -0.15) is 0 Å². The molecule has 17 rings (SSSR count). The summed E-state index contributed by atoms with van der Waals surface area (Å²) in [5, 5.41) is 0. The van der Waals surface area contributed by atoms with Crippen LogP contribution in [-0.2, 0) is 0 Å². The molecule has 13 nitrogen and oxygen atoms in total. The van der Waals surface area contributed by atoms with Crippen molar-refractivity contribution in [3.63, 3.8) is 0 Å². The fourth-order valence-electron chi connectivity index (χ4n) is 12.4. The minimum atomic E-state index is 0.703. The van der Waals surface area contributed by atoms with Gasteiger partial charge in [0.2, 0.25) is 0 Å². The minimum absolute atomic E-state index is 0.703. The van der Waals surface area contributed by atoms with Crippen molar-refractivity contribution >= 4 is 61.7 Å². The third-order valence-electron chi connectivity index (χ3n) is 15.9. The van der Waals surface area contributed by atoms with E-state index < -0.39 is 0 Å². The lowest BCUT2D eigenvalue weighted by Crippen LogP contribution is -2.13. The first-order valence-corrected chi connectivity index (χ1v) is 28.1. The smallest absolute Gasteiger partial charge is 0.164 e. The Morgan fingerprint density at radius 3 is 0.847 bits per heavy atom. The molecule has 1 aliphatic heterocycles. The second-order valence-electron chi connectivity index (χ2n) is 20.9. The van der Waals surface area contributed by atoms with Gasteiger partial charge in [0, 0.05) is 86.6 Å². The quantitative estimate of drug-likeness (QED) is 0.139. The molecule has 0 unspecified atom stereocenters. The molecule has 0 aliphatic carbocycles. The predicted octanol–water partition coefficient (Wildman–Crippen LogP) is 16.4. The number of rotatable bonds is 9. The SMILES string of the molecule is c1ccc(N2c3cc(-c4nc5cccnc5n4-c4ccccc4)cc(-c4nc5cccnc5n4-c4ccccc4)c3-c3ccccc3-c3c(-c4nc5cccnc5n4-c4ccccc4)cc(-c4nc5cccnc5n4-c4ccccc4)cc32)cc1. The molecule has 1 aliphatic rings. The molecule has 0 radical (unpaired) electrons. The largest absolute Gasteiger partial charge is 0.309 e. The van der Waals surface area contributed by atoms with Crippen LogP contribution in [0, 0.1) is 0 Å². The molecule has 0 fully saturated rings. The number of fused-ring (bicyclic) bond motifs is 9. The van der Waals surface area contributed by atoms with E-state index in [1.54, 1.807) is 0 Å². The van der Waals surface area contributed by atoms with Crippen LogP contribution in [0.1, 0.15) is 0 Å². The first kappa shape index (κ1) is 47.8. The zero-order chi connectivity index (χ0) is 56.0. The summed E-state index contributed by atoms with van der Waals surface area (Å²) < 4.78 is 8.69. The van der Waals surface area contributed by atoms with E-state index in [2.05, 4.69) is 199 Å². The molecule has 8 aromatic heterocycles. The predicted molar refractivity (Wildman–Crippen MR) is 337 cm³/mol. The molecule has 398 valence electrons. The Hall–Kier alpha value is -12.0. The lowest BCUT2D eigenvalue weighted by atomic mass is 9.88. The average molecular weight is 1090 g/mol. The summed E-state index contributed by atoms with van der Waals surface area (Å²) in [5.74, 6) is 2.82. The van der Waals surface area contributed by atoms with Gasteiger partial charge in [0.25, 0.3) is 0 Å². The third-order valence-corrected chi connectivity index (χ3v) is 15.9. The van der Waals surface area contributed by atoms with Crippen LogP contribution in [0.15, 0.2) is 274 Å². The van der Waals surface area contributed by atoms with E-state index in [1.165, 1.54) is 0 Å². The number of hydrogen-bond acceptors (Lipinski definition) is 9. The summed E-state index contributed by atoms with van der Waals surface area (Å²) in [6.45, 7) is 0. The van der Waals surface area contributed by atoms with Gasteiger partial charge in [-0.15, -0.1) is 0 Å². The monoisotopic (exact) mass is 1090 g/mol. The van der Waals surface area contributed by atoms with E-state index in [0.29, 0.717) is 23.3 Å². The maximum absolute atomic E-state index is 5.63. The van der Waals surface area contributed by atoms with Gasteiger partial charge in [-0.25, -0.2) is 39.9 Å². The number of benzene rings is 8. The number of hydrogen-bond donors (Lipinski definition) is 0. The van der Waals surface area contributed by atoms with Crippen molar-refractivity contribution in [3.8, 4) is 90.6 Å². The van der Waals surface area contributed by atoms with Gasteiger partial charge in [0.1, 0.15) is 45.4 Å². The number of aromatic nitrogens is 12. The molecule has 85 heavy (non-hydrogen) atoms. The Morgan fingerprint density at radius 2 is 0.518 bits per heavy atom. The Labute approximate surface area is 486 Å². The van der Waals surface area contributed by atoms with Gasteiger partial charge in [0.05, 0.1) is 11.4 Å². The minimum Gasteiger partial charge on any atom is -0.309 e. The van der Waals surface area contributed by atoms with Crippen LogP contribution in [0.5, 0.6) is 0 Å². The van der Waals surface area contributed by atoms with Crippen molar-refractivity contribution < 1.29 is 0 Å². The summed E-state index contributed by atoms with van der Waals surface area (Å²) in [5.41, 5.74) is 19.5. The van der Waals surface area contributed by atoms with Gasteiger partial charge in [-0.3, -0.25) is 18.3 Å². The number of imidazole rings is 4. The molecule has 9 heterocycles. The number of anilines is 3. The van der Waals surface area contributed by atoms with E-state index in [4.69, 9.17) is 39.9 Å². The van der Waals surface area contributed by atoms with E-state index >= 15 is 0 Å². The molecule has 0 amide bonds. The molecule has 0 saturated carbocycles. The average Bonchev–Trinajstić information content (AvgIpc) is 1.75. The molecule has 13 heteroatoms. The molecular formula is C72H45N13. The molecule has 0 atom stereocenters. The summed E-state index contributed by atoms with van der Waals surface area (Å²) in [6, 6.07) is 85.8. The standard InChI is InChI=1S/C72H45N13/c1-6-22-48(23-7-1)81-61-44-46(65-77-57-34-18-38-73-69(57)82(65)49-24-8-2-9-25-49)42-55(67-79-59-36-20-40-75-71(59)84(67)51-28-12-4-13-29-51)63(61)53-32-16-17-33-54(53)64-56(68-80-60-37-21-41-76-72(60)85(68)52-30-14-5-15-31-52)43-47(45-62(64)81)66-78-58-35-19-39-74-70(58)83(66)50-26-10-3-11-27-50/h1-45H. The molecule has 0 saturated heterocycles. The van der Waals surface area contributed by atoms with Crippen LogP contribution in [-0.4, -0.2) is 58.1 Å². The van der Waals surface area contributed by atoms with E-state index in [1.807, 2.05) is 97.6 Å². The highest BCUT2D eigenvalue weighted by molar-refractivity contribution is 6.12. The molecule has 8 aromatic carbocycles. The van der Waals surface area contributed by atoms with Crippen LogP contribution < -0.4 is 4.90 Å². The first-order valence-electron chi connectivity index (χ1n) is 28.1. The zero-order valence-electron chi connectivity index (χ0n) is 45.3. The Kier molecular flexibility index (Phi) is 10.9. The third kappa shape index (κ3) is 7.64. The van der Waals surface area contributed by atoms with Gasteiger partial charge in [-0.1, -0.05) is 115 Å². The topological polar surface area (TPSA) is 126 Å². The molecule has 16 aromatic rings. The molecule has 0 spiro atoms. The summed E-state index contributed by atoms with van der Waals surface area (Å²) in [6.07, 6.45) is 7.33.